The van der Waals surface area contributed by atoms with Gasteiger partial charge < -0.3 is 4.74 Å². The van der Waals surface area contributed by atoms with Gasteiger partial charge in [0.2, 0.25) is 0 Å². The van der Waals surface area contributed by atoms with E-state index in [-0.39, 0.29) is 11.5 Å². The Morgan fingerprint density at radius 2 is 1.14 bits per heavy atom. The van der Waals surface area contributed by atoms with Crippen LogP contribution in [0, 0.1) is 17.3 Å². The molecule has 1 heteroatoms. The van der Waals surface area contributed by atoms with Crippen molar-refractivity contribution in [1.82, 2.24) is 0 Å². The van der Waals surface area contributed by atoms with Crippen molar-refractivity contribution in [3.8, 4) is 0 Å². The average molecular weight is 559 g/mol. The molecule has 1 fully saturated rings. The van der Waals surface area contributed by atoms with Crippen LogP contribution in [-0.4, -0.2) is 6.61 Å². The predicted octanol–water partition coefficient (Wildman–Crippen LogP) is 10.8. The van der Waals surface area contributed by atoms with Crippen molar-refractivity contribution in [2.45, 2.75) is 83.7 Å². The maximum absolute atomic E-state index is 6.97. The number of ether oxygens (including phenoxy) is 1. The van der Waals surface area contributed by atoms with Gasteiger partial charge in [0.15, 0.2) is 0 Å². The summed E-state index contributed by atoms with van der Waals surface area (Å²) in [5.41, 5.74) is 5.84. The predicted molar refractivity (Wildman–Crippen MR) is 178 cm³/mol. The summed E-state index contributed by atoms with van der Waals surface area (Å²) >= 11 is 0. The van der Waals surface area contributed by atoms with E-state index < -0.39 is 0 Å². The Morgan fingerprint density at radius 3 is 1.69 bits per heavy atom. The van der Waals surface area contributed by atoms with E-state index in [9.17, 15) is 0 Å². The third-order valence-corrected chi connectivity index (χ3v) is 9.55. The van der Waals surface area contributed by atoms with Crippen LogP contribution in [0.3, 0.4) is 0 Å². The fourth-order valence-corrected chi connectivity index (χ4v) is 7.37. The second kappa shape index (κ2) is 15.9. The highest BCUT2D eigenvalue weighted by Gasteiger charge is 2.35. The molecule has 4 aromatic carbocycles. The lowest BCUT2D eigenvalue weighted by molar-refractivity contribution is -0.0245. The topological polar surface area (TPSA) is 9.23 Å². The van der Waals surface area contributed by atoms with Gasteiger partial charge in [0.1, 0.15) is 0 Å². The Balaban J connectivity index is 1.36. The summed E-state index contributed by atoms with van der Waals surface area (Å²) in [6.45, 7) is 3.34. The number of hydrogen-bond donors (Lipinski definition) is 0. The van der Waals surface area contributed by atoms with Gasteiger partial charge in [-0.2, -0.15) is 0 Å². The molecule has 1 saturated carbocycles. The zero-order chi connectivity index (χ0) is 28.9. The summed E-state index contributed by atoms with van der Waals surface area (Å²) in [4.78, 5) is 0. The van der Waals surface area contributed by atoms with Crippen molar-refractivity contribution in [3.05, 3.63) is 144 Å². The summed E-state index contributed by atoms with van der Waals surface area (Å²) in [6.07, 6.45) is 13.7. The summed E-state index contributed by atoms with van der Waals surface area (Å²) in [5, 5.41) is 0. The van der Waals surface area contributed by atoms with Gasteiger partial charge in [0.05, 0.1) is 6.10 Å². The minimum atomic E-state index is 0.155. The second-order valence-electron chi connectivity index (χ2n) is 13.0. The van der Waals surface area contributed by atoms with E-state index in [1.807, 2.05) is 0 Å². The van der Waals surface area contributed by atoms with Gasteiger partial charge in [-0.15, -0.1) is 0 Å². The van der Waals surface area contributed by atoms with Crippen molar-refractivity contribution in [2.24, 2.45) is 17.3 Å². The summed E-state index contributed by atoms with van der Waals surface area (Å²) in [6, 6.07) is 44.3. The number of aryl methyl sites for hydroxylation is 1. The van der Waals surface area contributed by atoms with E-state index in [0.29, 0.717) is 5.92 Å². The molecule has 0 radical (unpaired) electrons. The second-order valence-corrected chi connectivity index (χ2v) is 13.0. The molecule has 1 nitrogen and oxygen atoms in total. The van der Waals surface area contributed by atoms with E-state index >= 15 is 0 Å². The van der Waals surface area contributed by atoms with Crippen LogP contribution in [-0.2, 0) is 24.0 Å². The van der Waals surface area contributed by atoms with Crippen LogP contribution in [0.1, 0.15) is 86.6 Å². The zero-order valence-electron chi connectivity index (χ0n) is 25.7. The first kappa shape index (κ1) is 30.3. The molecule has 2 atom stereocenters. The van der Waals surface area contributed by atoms with Crippen LogP contribution in [0.15, 0.2) is 121 Å². The molecule has 0 N–H and O–H groups in total. The number of benzene rings is 4. The van der Waals surface area contributed by atoms with Crippen molar-refractivity contribution in [3.63, 3.8) is 0 Å². The minimum absolute atomic E-state index is 0.155. The fraction of sp³-hybridized carbons (Fsp3) is 0.415. The van der Waals surface area contributed by atoms with Crippen LogP contribution >= 0.6 is 0 Å². The zero-order valence-corrected chi connectivity index (χ0v) is 25.7. The van der Waals surface area contributed by atoms with E-state index in [2.05, 4.69) is 128 Å². The van der Waals surface area contributed by atoms with Gasteiger partial charge in [-0.1, -0.05) is 160 Å². The highest BCUT2D eigenvalue weighted by molar-refractivity contribution is 5.22. The Hall–Kier alpha value is -3.16. The maximum atomic E-state index is 6.97. The van der Waals surface area contributed by atoms with E-state index in [1.54, 1.807) is 0 Å². The smallest absolute Gasteiger partial charge is 0.0855 e. The van der Waals surface area contributed by atoms with Crippen LogP contribution < -0.4 is 0 Å². The SMILES string of the molecule is CC(CCC(C1CCCCC1)C(OCCCc1ccccc1)c1ccccc1)(Cc1ccccc1)Cc1ccccc1. The molecule has 0 spiro atoms. The van der Waals surface area contributed by atoms with Crippen molar-refractivity contribution >= 4 is 0 Å². The van der Waals surface area contributed by atoms with Crippen LogP contribution in [0.25, 0.3) is 0 Å². The Kier molecular flexibility index (Phi) is 11.5. The molecular formula is C41H50O. The van der Waals surface area contributed by atoms with E-state index in [4.69, 9.17) is 4.74 Å². The van der Waals surface area contributed by atoms with Gasteiger partial charge in [0, 0.05) is 6.61 Å². The average Bonchev–Trinajstić information content (AvgIpc) is 3.04. The molecule has 0 aromatic heterocycles. The van der Waals surface area contributed by atoms with E-state index in [1.165, 1.54) is 67.2 Å². The summed E-state index contributed by atoms with van der Waals surface area (Å²) < 4.78 is 6.97. The van der Waals surface area contributed by atoms with Crippen molar-refractivity contribution in [2.75, 3.05) is 6.61 Å². The van der Waals surface area contributed by atoms with Gasteiger partial charge in [0.25, 0.3) is 0 Å². The maximum Gasteiger partial charge on any atom is 0.0855 e. The van der Waals surface area contributed by atoms with E-state index in [0.717, 1.165) is 38.2 Å². The van der Waals surface area contributed by atoms with Gasteiger partial charge >= 0.3 is 0 Å². The monoisotopic (exact) mass is 558 g/mol. The summed E-state index contributed by atoms with van der Waals surface area (Å²) in [7, 11) is 0. The molecule has 220 valence electrons. The first-order valence-corrected chi connectivity index (χ1v) is 16.5. The molecule has 0 aliphatic heterocycles. The molecule has 0 amide bonds. The minimum Gasteiger partial charge on any atom is -0.373 e. The quantitative estimate of drug-likeness (QED) is 0.132. The molecule has 0 saturated heterocycles. The van der Waals surface area contributed by atoms with Gasteiger partial charge in [-0.05, 0) is 78.0 Å². The van der Waals surface area contributed by atoms with Crippen LogP contribution in [0.4, 0.5) is 0 Å². The molecule has 1 aliphatic carbocycles. The molecule has 1 aliphatic rings. The van der Waals surface area contributed by atoms with Crippen molar-refractivity contribution < 1.29 is 4.74 Å². The third-order valence-electron chi connectivity index (χ3n) is 9.55. The lowest BCUT2D eigenvalue weighted by Gasteiger charge is -2.39. The normalized spacial score (nSPS) is 15.7. The standard InChI is InChI=1S/C41H50O/c1-41(32-35-20-9-3-10-21-35,33-36-22-11-4-12-23-36)30-29-39(37-25-13-5-14-26-37)40(38-27-15-6-16-28-38)42-31-17-24-34-18-7-2-8-19-34/h2-4,6-12,15-16,18-23,27-28,37,39-40H,5,13-14,17,24-26,29-33H2,1H3. The lowest BCUT2D eigenvalue weighted by atomic mass is 9.69. The highest BCUT2D eigenvalue weighted by atomic mass is 16.5. The Labute approximate surface area is 255 Å². The number of hydrogen-bond acceptors (Lipinski definition) is 1. The molecule has 42 heavy (non-hydrogen) atoms. The largest absolute Gasteiger partial charge is 0.373 e. The highest BCUT2D eigenvalue weighted by Crippen LogP contribution is 2.44. The lowest BCUT2D eigenvalue weighted by Crippen LogP contribution is -2.30. The molecule has 5 rings (SSSR count). The fourth-order valence-electron chi connectivity index (χ4n) is 7.37. The number of rotatable bonds is 15. The van der Waals surface area contributed by atoms with Gasteiger partial charge in [-0.3, -0.25) is 0 Å². The van der Waals surface area contributed by atoms with Crippen molar-refractivity contribution in [1.29, 1.82) is 0 Å². The molecule has 2 unspecified atom stereocenters. The Bertz CT molecular complexity index is 1220. The van der Waals surface area contributed by atoms with Gasteiger partial charge in [-0.25, -0.2) is 0 Å². The summed E-state index contributed by atoms with van der Waals surface area (Å²) in [5.74, 6) is 1.27. The molecule has 0 heterocycles. The first-order valence-electron chi connectivity index (χ1n) is 16.5. The molecule has 0 bridgehead atoms. The van der Waals surface area contributed by atoms with Crippen LogP contribution in [0.2, 0.25) is 0 Å². The first-order chi connectivity index (χ1) is 20.7. The molecular weight excluding hydrogens is 508 g/mol. The molecule has 4 aromatic rings. The van der Waals surface area contributed by atoms with Crippen LogP contribution in [0.5, 0.6) is 0 Å². The third kappa shape index (κ3) is 9.17. The Morgan fingerprint density at radius 1 is 0.643 bits per heavy atom.